The zero-order valence-electron chi connectivity index (χ0n) is 17.2. The summed E-state index contributed by atoms with van der Waals surface area (Å²) in [7, 11) is 1.66. The number of hydrogen-bond donors (Lipinski definition) is 1. The van der Waals surface area contributed by atoms with Crippen LogP contribution in [0, 0.1) is 17.2 Å². The van der Waals surface area contributed by atoms with Gasteiger partial charge in [-0.3, -0.25) is 14.2 Å². The summed E-state index contributed by atoms with van der Waals surface area (Å²) >= 11 is 1.21. The van der Waals surface area contributed by atoms with Crippen molar-refractivity contribution in [1.29, 1.82) is 5.26 Å². The zero-order chi connectivity index (χ0) is 21.3. The van der Waals surface area contributed by atoms with Gasteiger partial charge in [0.2, 0.25) is 5.91 Å². The van der Waals surface area contributed by atoms with E-state index in [2.05, 4.69) is 16.4 Å². The Bertz CT molecular complexity index is 1200. The van der Waals surface area contributed by atoms with E-state index in [0.717, 1.165) is 10.8 Å². The number of amides is 1. The van der Waals surface area contributed by atoms with E-state index in [0.29, 0.717) is 16.1 Å². The molecule has 0 aliphatic heterocycles. The summed E-state index contributed by atoms with van der Waals surface area (Å²) < 4.78 is 1.47. The van der Waals surface area contributed by atoms with Gasteiger partial charge in [0.05, 0.1) is 22.2 Å². The number of fused-ring (bicyclic) bond motifs is 2. The van der Waals surface area contributed by atoms with Crippen LogP contribution in [-0.2, 0) is 11.8 Å². The Labute approximate surface area is 173 Å². The first kappa shape index (κ1) is 20.9. The summed E-state index contributed by atoms with van der Waals surface area (Å²) in [6.07, 6.45) is 0. The quantitative estimate of drug-likeness (QED) is 0.396. The number of hydrogen-bond acceptors (Lipinski definition) is 5. The van der Waals surface area contributed by atoms with Crippen LogP contribution in [-0.4, -0.2) is 26.2 Å². The van der Waals surface area contributed by atoms with Crippen LogP contribution in [0.2, 0.25) is 0 Å². The molecule has 0 radical (unpaired) electrons. The van der Waals surface area contributed by atoms with Gasteiger partial charge in [0.1, 0.15) is 5.54 Å². The largest absolute Gasteiger partial charge is 0.337 e. The highest BCUT2D eigenvalue weighted by Crippen LogP contribution is 2.25. The summed E-state index contributed by atoms with van der Waals surface area (Å²) in [6.45, 7) is 7.23. The van der Waals surface area contributed by atoms with Crippen LogP contribution in [0.15, 0.2) is 46.3 Å². The monoisotopic (exact) mass is 408 g/mol. The van der Waals surface area contributed by atoms with E-state index in [9.17, 15) is 14.9 Å². The lowest BCUT2D eigenvalue weighted by atomic mass is 9.90. The van der Waals surface area contributed by atoms with Gasteiger partial charge in [0.15, 0.2) is 5.16 Å². The Morgan fingerprint density at radius 3 is 2.45 bits per heavy atom. The minimum absolute atomic E-state index is 0.0370. The van der Waals surface area contributed by atoms with Gasteiger partial charge < -0.3 is 5.32 Å². The van der Waals surface area contributed by atoms with E-state index in [1.165, 1.54) is 16.3 Å². The first-order chi connectivity index (χ1) is 13.7. The molecule has 0 fully saturated rings. The molecular formula is C22H24N4O2S. The van der Waals surface area contributed by atoms with E-state index >= 15 is 0 Å². The van der Waals surface area contributed by atoms with Crippen molar-refractivity contribution in [3.05, 3.63) is 46.8 Å². The normalized spacial score (nSPS) is 14.5. The van der Waals surface area contributed by atoms with Crippen LogP contribution >= 0.6 is 11.8 Å². The molecule has 0 aliphatic rings. The molecule has 3 aromatic rings. The van der Waals surface area contributed by atoms with Crippen molar-refractivity contribution in [2.24, 2.45) is 13.0 Å². The fourth-order valence-electron chi connectivity index (χ4n) is 2.91. The van der Waals surface area contributed by atoms with Crippen molar-refractivity contribution in [1.82, 2.24) is 14.9 Å². The van der Waals surface area contributed by atoms with Gasteiger partial charge in [0, 0.05) is 7.05 Å². The molecule has 3 rings (SSSR count). The molecule has 0 aliphatic carbocycles. The van der Waals surface area contributed by atoms with E-state index in [1.807, 2.05) is 50.2 Å². The highest BCUT2D eigenvalue weighted by Gasteiger charge is 2.32. The summed E-state index contributed by atoms with van der Waals surface area (Å²) in [4.78, 5) is 30.2. The van der Waals surface area contributed by atoms with Crippen LogP contribution in [0.25, 0.3) is 21.7 Å². The second-order valence-electron chi connectivity index (χ2n) is 7.69. The second-order valence-corrected chi connectivity index (χ2v) is 9.00. The minimum Gasteiger partial charge on any atom is -0.337 e. The van der Waals surface area contributed by atoms with Gasteiger partial charge in [0.25, 0.3) is 5.56 Å². The van der Waals surface area contributed by atoms with Gasteiger partial charge in [-0.15, -0.1) is 0 Å². The average Bonchev–Trinajstić information content (AvgIpc) is 2.70. The third-order valence-electron chi connectivity index (χ3n) is 5.32. The van der Waals surface area contributed by atoms with Crippen LogP contribution in [0.3, 0.4) is 0 Å². The molecule has 1 aromatic heterocycles. The molecule has 7 heteroatoms. The zero-order valence-corrected chi connectivity index (χ0v) is 18.0. The molecule has 0 saturated carbocycles. The maximum absolute atomic E-state index is 12.9. The number of rotatable bonds is 5. The van der Waals surface area contributed by atoms with Gasteiger partial charge in [-0.05, 0) is 42.7 Å². The standard InChI is InChI=1S/C22H24N4O2S/c1-13(2)22(4,12-23)25-19(27)14(3)29-21-24-18-11-16-9-7-6-8-15(16)10-17(18)20(28)26(21)5/h6-11,13-14H,1-5H3,(H,25,27)/t14-,22+/m1/s1. The highest BCUT2D eigenvalue weighted by molar-refractivity contribution is 8.00. The Morgan fingerprint density at radius 2 is 1.86 bits per heavy atom. The van der Waals surface area contributed by atoms with Crippen molar-refractivity contribution in [2.45, 2.75) is 43.6 Å². The molecule has 2 atom stereocenters. The van der Waals surface area contributed by atoms with Crippen LogP contribution in [0.5, 0.6) is 0 Å². The van der Waals surface area contributed by atoms with Gasteiger partial charge in [-0.1, -0.05) is 49.9 Å². The molecule has 6 nitrogen and oxygen atoms in total. The molecule has 1 amide bonds. The first-order valence-corrected chi connectivity index (χ1v) is 10.3. The molecule has 1 N–H and O–H groups in total. The van der Waals surface area contributed by atoms with Crippen LogP contribution < -0.4 is 10.9 Å². The number of carbonyl (C=O) groups excluding carboxylic acids is 1. The molecule has 1 heterocycles. The predicted octanol–water partition coefficient (Wildman–Crippen LogP) is 3.62. The lowest BCUT2D eigenvalue weighted by Gasteiger charge is -2.28. The minimum atomic E-state index is -0.951. The number of benzene rings is 2. The maximum Gasteiger partial charge on any atom is 0.261 e. The number of nitrogens with one attached hydrogen (secondary N) is 1. The van der Waals surface area contributed by atoms with E-state index in [-0.39, 0.29) is 17.4 Å². The topological polar surface area (TPSA) is 87.8 Å². The van der Waals surface area contributed by atoms with Crippen molar-refractivity contribution < 1.29 is 4.79 Å². The van der Waals surface area contributed by atoms with Crippen molar-refractivity contribution in [2.75, 3.05) is 0 Å². The third kappa shape index (κ3) is 3.99. The Balaban J connectivity index is 1.94. The number of carbonyl (C=O) groups is 1. The van der Waals surface area contributed by atoms with Gasteiger partial charge >= 0.3 is 0 Å². The second kappa shape index (κ2) is 7.88. The predicted molar refractivity (Wildman–Crippen MR) is 117 cm³/mol. The Kier molecular flexibility index (Phi) is 5.67. The lowest BCUT2D eigenvalue weighted by Crippen LogP contribution is -2.51. The molecule has 0 unspecified atom stereocenters. The highest BCUT2D eigenvalue weighted by atomic mass is 32.2. The number of nitrogens with zero attached hydrogens (tertiary/aromatic N) is 3. The first-order valence-electron chi connectivity index (χ1n) is 9.45. The molecule has 2 aromatic carbocycles. The van der Waals surface area contributed by atoms with Gasteiger partial charge in [-0.25, -0.2) is 4.98 Å². The summed E-state index contributed by atoms with van der Waals surface area (Å²) in [5, 5.41) is 14.7. The van der Waals surface area contributed by atoms with Crippen molar-refractivity contribution in [3.63, 3.8) is 0 Å². The van der Waals surface area contributed by atoms with E-state index in [4.69, 9.17) is 0 Å². The van der Waals surface area contributed by atoms with Crippen molar-refractivity contribution >= 4 is 39.3 Å². The number of thioether (sulfide) groups is 1. The Hall–Kier alpha value is -2.85. The molecule has 0 spiro atoms. The maximum atomic E-state index is 12.9. The molecule has 0 bridgehead atoms. The fraction of sp³-hybridized carbons (Fsp3) is 0.364. The summed E-state index contributed by atoms with van der Waals surface area (Å²) in [6, 6.07) is 13.7. The molecular weight excluding hydrogens is 384 g/mol. The molecule has 150 valence electrons. The fourth-order valence-corrected chi connectivity index (χ4v) is 3.79. The van der Waals surface area contributed by atoms with Gasteiger partial charge in [-0.2, -0.15) is 5.26 Å². The lowest BCUT2D eigenvalue weighted by molar-refractivity contribution is -0.121. The van der Waals surface area contributed by atoms with E-state index in [1.54, 1.807) is 20.9 Å². The van der Waals surface area contributed by atoms with Crippen LogP contribution in [0.1, 0.15) is 27.7 Å². The Morgan fingerprint density at radius 1 is 1.24 bits per heavy atom. The number of nitriles is 1. The number of aromatic nitrogens is 2. The van der Waals surface area contributed by atoms with Crippen LogP contribution in [0.4, 0.5) is 0 Å². The molecule has 0 saturated heterocycles. The SMILES string of the molecule is CC(C)[C@](C)(C#N)NC(=O)[C@@H](C)Sc1nc2cc3ccccc3cc2c(=O)n1C. The average molecular weight is 409 g/mol. The smallest absolute Gasteiger partial charge is 0.261 e. The summed E-state index contributed by atoms with van der Waals surface area (Å²) in [5.41, 5.74) is -0.501. The third-order valence-corrected chi connectivity index (χ3v) is 6.47. The summed E-state index contributed by atoms with van der Waals surface area (Å²) in [5.74, 6) is -0.300. The van der Waals surface area contributed by atoms with E-state index < -0.39 is 10.8 Å². The molecule has 29 heavy (non-hydrogen) atoms. The van der Waals surface area contributed by atoms with Crippen molar-refractivity contribution in [3.8, 4) is 6.07 Å².